The summed E-state index contributed by atoms with van der Waals surface area (Å²) in [7, 11) is 3.53. The molecule has 94 valence electrons. The van der Waals surface area contributed by atoms with Gasteiger partial charge in [0.2, 0.25) is 0 Å². The maximum absolute atomic E-state index is 5.46. The molecule has 3 heteroatoms. The lowest BCUT2D eigenvalue weighted by Crippen LogP contribution is -2.36. The Bertz CT molecular complexity index is 370. The molecule has 1 heterocycles. The van der Waals surface area contributed by atoms with Crippen LogP contribution in [0.4, 0.5) is 5.69 Å². The molecule has 1 aromatic rings. The maximum Gasteiger partial charge on any atom is 0.142 e. The number of anilines is 1. The van der Waals surface area contributed by atoms with E-state index in [1.807, 2.05) is 0 Å². The van der Waals surface area contributed by atoms with E-state index in [2.05, 4.69) is 30.0 Å². The van der Waals surface area contributed by atoms with E-state index in [-0.39, 0.29) is 0 Å². The number of hydrogen-bond donors (Lipinski definition) is 0. The van der Waals surface area contributed by atoms with Crippen molar-refractivity contribution in [1.29, 1.82) is 0 Å². The van der Waals surface area contributed by atoms with Crippen LogP contribution >= 0.6 is 0 Å². The zero-order chi connectivity index (χ0) is 12.3. The number of rotatable bonds is 3. The van der Waals surface area contributed by atoms with E-state index in [9.17, 15) is 0 Å². The summed E-state index contributed by atoms with van der Waals surface area (Å²) in [5.74, 6) is 0.973. The monoisotopic (exact) mass is 235 g/mol. The first kappa shape index (κ1) is 12.2. The Kier molecular flexibility index (Phi) is 3.89. The molecule has 3 nitrogen and oxygen atoms in total. The summed E-state index contributed by atoms with van der Waals surface area (Å²) in [5, 5.41) is 0. The van der Waals surface area contributed by atoms with Crippen molar-refractivity contribution in [2.75, 3.05) is 32.2 Å². The minimum absolute atomic E-state index is 0.419. The lowest BCUT2D eigenvalue weighted by molar-refractivity contribution is 0.0818. The number of benzene rings is 1. The summed E-state index contributed by atoms with van der Waals surface area (Å²) in [6.07, 6.45) is 2.60. The van der Waals surface area contributed by atoms with Crippen LogP contribution in [0.3, 0.4) is 0 Å². The molecule has 0 aliphatic carbocycles. The van der Waals surface area contributed by atoms with Gasteiger partial charge < -0.3 is 14.4 Å². The second-order valence-electron chi connectivity index (χ2n) is 4.60. The number of aryl methyl sites for hydroxylation is 1. The number of methoxy groups -OCH3 is 2. The fraction of sp³-hybridized carbons (Fsp3) is 0.571. The number of piperidine rings is 1. The van der Waals surface area contributed by atoms with Gasteiger partial charge in [0.05, 0.1) is 18.9 Å². The fourth-order valence-corrected chi connectivity index (χ4v) is 2.38. The van der Waals surface area contributed by atoms with E-state index in [0.717, 1.165) is 31.7 Å². The second-order valence-corrected chi connectivity index (χ2v) is 4.60. The lowest BCUT2D eigenvalue weighted by atomic mass is 10.1. The summed E-state index contributed by atoms with van der Waals surface area (Å²) in [4.78, 5) is 2.38. The van der Waals surface area contributed by atoms with Gasteiger partial charge in [0.25, 0.3) is 0 Å². The molecule has 2 rings (SSSR count). The minimum atomic E-state index is 0.419. The third-order valence-corrected chi connectivity index (χ3v) is 3.45. The Balaban J connectivity index is 2.12. The fourth-order valence-electron chi connectivity index (χ4n) is 2.38. The van der Waals surface area contributed by atoms with E-state index in [0.29, 0.717) is 6.10 Å². The van der Waals surface area contributed by atoms with Crippen molar-refractivity contribution in [3.8, 4) is 5.75 Å². The van der Waals surface area contributed by atoms with Gasteiger partial charge in [0.1, 0.15) is 5.75 Å². The topological polar surface area (TPSA) is 21.7 Å². The molecule has 17 heavy (non-hydrogen) atoms. The average Bonchev–Trinajstić information content (AvgIpc) is 2.39. The first-order chi connectivity index (χ1) is 8.24. The highest BCUT2D eigenvalue weighted by Gasteiger charge is 2.20. The summed E-state index contributed by atoms with van der Waals surface area (Å²) in [6, 6.07) is 6.39. The maximum atomic E-state index is 5.46. The zero-order valence-corrected chi connectivity index (χ0v) is 10.9. The smallest absolute Gasteiger partial charge is 0.142 e. The molecule has 0 spiro atoms. The van der Waals surface area contributed by atoms with Crippen LogP contribution in [-0.2, 0) is 4.74 Å². The van der Waals surface area contributed by atoms with Crippen LogP contribution in [0.15, 0.2) is 18.2 Å². The molecule has 0 aromatic heterocycles. The normalized spacial score (nSPS) is 17.2. The van der Waals surface area contributed by atoms with Gasteiger partial charge in [-0.05, 0) is 37.5 Å². The third kappa shape index (κ3) is 2.72. The number of hydrogen-bond acceptors (Lipinski definition) is 3. The van der Waals surface area contributed by atoms with E-state index in [4.69, 9.17) is 9.47 Å². The number of ether oxygens (including phenoxy) is 2. The van der Waals surface area contributed by atoms with E-state index >= 15 is 0 Å². The quantitative estimate of drug-likeness (QED) is 0.804. The molecule has 0 bridgehead atoms. The molecule has 0 radical (unpaired) electrons. The molecule has 0 unspecified atom stereocenters. The zero-order valence-electron chi connectivity index (χ0n) is 10.9. The summed E-state index contributed by atoms with van der Waals surface area (Å²) in [5.41, 5.74) is 2.44. The van der Waals surface area contributed by atoms with Crippen molar-refractivity contribution in [2.24, 2.45) is 0 Å². The predicted octanol–water partition coefficient (Wildman–Crippen LogP) is 2.62. The molecule has 0 amide bonds. The van der Waals surface area contributed by atoms with Gasteiger partial charge in [0.15, 0.2) is 0 Å². The van der Waals surface area contributed by atoms with Gasteiger partial charge in [-0.25, -0.2) is 0 Å². The number of nitrogens with zero attached hydrogens (tertiary/aromatic N) is 1. The standard InChI is InChI=1S/C14H21NO2/c1-11-4-5-13(14(10-11)17-3)15-8-6-12(16-2)7-9-15/h4-5,10,12H,6-9H2,1-3H3. The van der Waals surface area contributed by atoms with E-state index < -0.39 is 0 Å². The van der Waals surface area contributed by atoms with E-state index in [1.165, 1.54) is 11.3 Å². The Morgan fingerprint density at radius 1 is 1.18 bits per heavy atom. The van der Waals surface area contributed by atoms with Gasteiger partial charge in [-0.1, -0.05) is 6.07 Å². The second kappa shape index (κ2) is 5.41. The van der Waals surface area contributed by atoms with Crippen LogP contribution < -0.4 is 9.64 Å². The first-order valence-electron chi connectivity index (χ1n) is 6.17. The van der Waals surface area contributed by atoms with E-state index in [1.54, 1.807) is 14.2 Å². The van der Waals surface area contributed by atoms with Crippen LogP contribution in [0, 0.1) is 6.92 Å². The Labute approximate surface area is 103 Å². The van der Waals surface area contributed by atoms with Crippen molar-refractivity contribution >= 4 is 5.69 Å². The average molecular weight is 235 g/mol. The molecule has 1 saturated heterocycles. The highest BCUT2D eigenvalue weighted by atomic mass is 16.5. The minimum Gasteiger partial charge on any atom is -0.495 e. The Morgan fingerprint density at radius 3 is 2.47 bits per heavy atom. The molecular weight excluding hydrogens is 214 g/mol. The van der Waals surface area contributed by atoms with Crippen LogP contribution in [0.25, 0.3) is 0 Å². The largest absolute Gasteiger partial charge is 0.495 e. The van der Waals surface area contributed by atoms with Crippen molar-refractivity contribution in [2.45, 2.75) is 25.9 Å². The molecule has 1 aliphatic rings. The van der Waals surface area contributed by atoms with Gasteiger partial charge in [-0.2, -0.15) is 0 Å². The highest BCUT2D eigenvalue weighted by Crippen LogP contribution is 2.31. The van der Waals surface area contributed by atoms with Gasteiger partial charge in [0, 0.05) is 20.2 Å². The van der Waals surface area contributed by atoms with Gasteiger partial charge in [-0.15, -0.1) is 0 Å². The molecular formula is C14H21NO2. The molecule has 1 fully saturated rings. The predicted molar refractivity (Wildman–Crippen MR) is 70.0 cm³/mol. The lowest BCUT2D eigenvalue weighted by Gasteiger charge is -2.33. The van der Waals surface area contributed by atoms with Crippen molar-refractivity contribution in [3.05, 3.63) is 23.8 Å². The summed E-state index contributed by atoms with van der Waals surface area (Å²) in [6.45, 7) is 4.17. The SMILES string of the molecule is COc1cc(C)ccc1N1CCC(OC)CC1. The molecule has 0 saturated carbocycles. The van der Waals surface area contributed by atoms with Crippen LogP contribution in [-0.4, -0.2) is 33.4 Å². The third-order valence-electron chi connectivity index (χ3n) is 3.45. The summed E-state index contributed by atoms with van der Waals surface area (Å²) < 4.78 is 10.9. The van der Waals surface area contributed by atoms with Crippen molar-refractivity contribution in [1.82, 2.24) is 0 Å². The van der Waals surface area contributed by atoms with Crippen LogP contribution in [0.5, 0.6) is 5.75 Å². The Morgan fingerprint density at radius 2 is 1.88 bits per heavy atom. The Hall–Kier alpha value is -1.22. The first-order valence-corrected chi connectivity index (χ1v) is 6.17. The highest BCUT2D eigenvalue weighted by molar-refractivity contribution is 5.60. The van der Waals surface area contributed by atoms with Crippen molar-refractivity contribution < 1.29 is 9.47 Å². The summed E-state index contributed by atoms with van der Waals surface area (Å²) >= 11 is 0. The van der Waals surface area contributed by atoms with Crippen LogP contribution in [0.1, 0.15) is 18.4 Å². The van der Waals surface area contributed by atoms with Gasteiger partial charge in [-0.3, -0.25) is 0 Å². The van der Waals surface area contributed by atoms with Gasteiger partial charge >= 0.3 is 0 Å². The van der Waals surface area contributed by atoms with Crippen molar-refractivity contribution in [3.63, 3.8) is 0 Å². The molecule has 1 aromatic carbocycles. The van der Waals surface area contributed by atoms with Crippen LogP contribution in [0.2, 0.25) is 0 Å². The molecule has 0 N–H and O–H groups in total. The molecule has 0 atom stereocenters. The molecule has 1 aliphatic heterocycles.